The number of nitrogens with zero attached hydrogens (tertiary/aromatic N) is 2. The van der Waals surface area contributed by atoms with Gasteiger partial charge in [-0.1, -0.05) is 45.4 Å². The van der Waals surface area contributed by atoms with Gasteiger partial charge in [0.05, 0.1) is 17.2 Å². The van der Waals surface area contributed by atoms with Crippen molar-refractivity contribution in [1.29, 1.82) is 0 Å². The number of non-ortho nitro benzene ring substituents is 1. The SMILES string of the molecule is CCCCCCCCCOc1ccc(/C(C)=N\NC(=O)c2ccc([N+](=O)[O-])cc2)cc1. The highest BCUT2D eigenvalue weighted by Crippen LogP contribution is 2.15. The summed E-state index contributed by atoms with van der Waals surface area (Å²) < 4.78 is 5.79. The molecule has 1 amide bonds. The van der Waals surface area contributed by atoms with Gasteiger partial charge in [0, 0.05) is 17.7 Å². The highest BCUT2D eigenvalue weighted by molar-refractivity contribution is 6.00. The van der Waals surface area contributed by atoms with Crippen LogP contribution in [0.2, 0.25) is 0 Å². The second-order valence-corrected chi connectivity index (χ2v) is 7.44. The van der Waals surface area contributed by atoms with Crippen LogP contribution in [0.1, 0.15) is 74.7 Å². The number of hydrogen-bond donors (Lipinski definition) is 1. The maximum absolute atomic E-state index is 12.2. The summed E-state index contributed by atoms with van der Waals surface area (Å²) in [5, 5.41) is 14.8. The van der Waals surface area contributed by atoms with Crippen LogP contribution in [0.4, 0.5) is 5.69 Å². The Hall–Kier alpha value is -3.22. The summed E-state index contributed by atoms with van der Waals surface area (Å²) in [6, 6.07) is 13.0. The first-order valence-corrected chi connectivity index (χ1v) is 10.8. The topological polar surface area (TPSA) is 93.8 Å². The molecule has 0 aliphatic heterocycles. The summed E-state index contributed by atoms with van der Waals surface area (Å²) in [5.74, 6) is 0.390. The lowest BCUT2D eigenvalue weighted by Gasteiger charge is -2.08. The smallest absolute Gasteiger partial charge is 0.271 e. The van der Waals surface area contributed by atoms with Crippen molar-refractivity contribution in [3.05, 3.63) is 69.8 Å². The molecule has 0 spiro atoms. The van der Waals surface area contributed by atoms with Crippen LogP contribution in [0.15, 0.2) is 53.6 Å². The summed E-state index contributed by atoms with van der Waals surface area (Å²) in [6.07, 6.45) is 8.76. The molecule has 0 fully saturated rings. The molecule has 7 nitrogen and oxygen atoms in total. The Bertz CT molecular complexity index is 861. The standard InChI is InChI=1S/C24H31N3O4/c1-3-4-5-6-7-8-9-18-31-23-16-12-20(13-17-23)19(2)25-26-24(28)21-10-14-22(15-11-21)27(29)30/h10-17H,3-9,18H2,1-2H3,(H,26,28)/b25-19-. The zero-order valence-corrected chi connectivity index (χ0v) is 18.3. The van der Waals surface area contributed by atoms with Crippen LogP contribution >= 0.6 is 0 Å². The summed E-state index contributed by atoms with van der Waals surface area (Å²) in [4.78, 5) is 22.3. The number of nitrogens with one attached hydrogen (secondary N) is 1. The molecule has 0 saturated heterocycles. The second kappa shape index (κ2) is 13.2. The van der Waals surface area contributed by atoms with E-state index in [1.54, 1.807) is 6.92 Å². The number of nitro benzene ring substituents is 1. The zero-order chi connectivity index (χ0) is 22.5. The molecule has 31 heavy (non-hydrogen) atoms. The molecule has 0 bridgehead atoms. The summed E-state index contributed by atoms with van der Waals surface area (Å²) >= 11 is 0. The van der Waals surface area contributed by atoms with Crippen molar-refractivity contribution in [2.75, 3.05) is 6.61 Å². The average Bonchev–Trinajstić information content (AvgIpc) is 2.79. The van der Waals surface area contributed by atoms with E-state index >= 15 is 0 Å². The van der Waals surface area contributed by atoms with Crippen molar-refractivity contribution in [3.63, 3.8) is 0 Å². The van der Waals surface area contributed by atoms with Crippen LogP contribution in [0.5, 0.6) is 5.75 Å². The van der Waals surface area contributed by atoms with E-state index in [1.165, 1.54) is 62.8 Å². The zero-order valence-electron chi connectivity index (χ0n) is 18.3. The predicted molar refractivity (Wildman–Crippen MR) is 123 cm³/mol. The Morgan fingerprint density at radius 2 is 1.52 bits per heavy atom. The minimum Gasteiger partial charge on any atom is -0.494 e. The number of ether oxygens (including phenoxy) is 1. The van der Waals surface area contributed by atoms with Crippen LogP contribution in [0, 0.1) is 10.1 Å². The lowest BCUT2D eigenvalue weighted by molar-refractivity contribution is -0.384. The van der Waals surface area contributed by atoms with Crippen molar-refractivity contribution in [1.82, 2.24) is 5.43 Å². The first-order valence-electron chi connectivity index (χ1n) is 10.8. The van der Waals surface area contributed by atoms with Gasteiger partial charge in [0.1, 0.15) is 5.75 Å². The van der Waals surface area contributed by atoms with E-state index in [-0.39, 0.29) is 5.69 Å². The monoisotopic (exact) mass is 425 g/mol. The first-order chi connectivity index (χ1) is 15.0. The van der Waals surface area contributed by atoms with Crippen LogP contribution in [0.3, 0.4) is 0 Å². The Balaban J connectivity index is 1.76. The third-order valence-electron chi connectivity index (χ3n) is 4.95. The molecule has 1 N–H and O–H groups in total. The fourth-order valence-electron chi connectivity index (χ4n) is 3.04. The normalized spacial score (nSPS) is 11.2. The summed E-state index contributed by atoms with van der Waals surface area (Å²) in [6.45, 7) is 4.74. The molecule has 0 atom stereocenters. The first kappa shape index (κ1) is 24.1. The van der Waals surface area contributed by atoms with E-state index < -0.39 is 10.8 Å². The van der Waals surface area contributed by atoms with Gasteiger partial charge in [0.15, 0.2) is 0 Å². The number of carbonyl (C=O) groups is 1. The molecule has 0 unspecified atom stereocenters. The molecule has 7 heteroatoms. The van der Waals surface area contributed by atoms with Gasteiger partial charge in [-0.2, -0.15) is 5.10 Å². The average molecular weight is 426 g/mol. The summed E-state index contributed by atoms with van der Waals surface area (Å²) in [5.41, 5.74) is 4.23. The molecule has 0 saturated carbocycles. The van der Waals surface area contributed by atoms with E-state index in [2.05, 4.69) is 17.5 Å². The molecule has 0 aromatic heterocycles. The molecule has 2 aromatic carbocycles. The van der Waals surface area contributed by atoms with Crippen molar-refractivity contribution in [2.45, 2.75) is 58.8 Å². The Labute approximate surface area is 183 Å². The molecule has 2 aromatic rings. The fourth-order valence-corrected chi connectivity index (χ4v) is 3.04. The number of rotatable bonds is 13. The van der Waals surface area contributed by atoms with E-state index in [4.69, 9.17) is 4.74 Å². The molecule has 166 valence electrons. The fraction of sp³-hybridized carbons (Fsp3) is 0.417. The predicted octanol–water partition coefficient (Wildman–Crippen LogP) is 5.88. The lowest BCUT2D eigenvalue weighted by Crippen LogP contribution is -2.19. The number of unbranched alkanes of at least 4 members (excludes halogenated alkanes) is 6. The van der Waals surface area contributed by atoms with Gasteiger partial charge in [-0.25, -0.2) is 5.43 Å². The van der Waals surface area contributed by atoms with Gasteiger partial charge in [0.25, 0.3) is 11.6 Å². The van der Waals surface area contributed by atoms with Crippen LogP contribution in [0.25, 0.3) is 0 Å². The Kier molecular flexibility index (Phi) is 10.2. The quantitative estimate of drug-likeness (QED) is 0.188. The Morgan fingerprint density at radius 3 is 2.13 bits per heavy atom. The highest BCUT2D eigenvalue weighted by Gasteiger charge is 2.09. The van der Waals surface area contributed by atoms with Gasteiger partial charge in [-0.15, -0.1) is 0 Å². The number of amides is 1. The lowest BCUT2D eigenvalue weighted by atomic mass is 10.1. The molecule has 2 rings (SSSR count). The molecule has 0 radical (unpaired) electrons. The van der Waals surface area contributed by atoms with Gasteiger partial charge < -0.3 is 4.74 Å². The van der Waals surface area contributed by atoms with Gasteiger partial charge in [-0.05, 0) is 55.3 Å². The molecule has 0 heterocycles. The molecule has 0 aliphatic carbocycles. The van der Waals surface area contributed by atoms with Crippen molar-refractivity contribution in [2.24, 2.45) is 5.10 Å². The summed E-state index contributed by atoms with van der Waals surface area (Å²) in [7, 11) is 0. The van der Waals surface area contributed by atoms with E-state index in [0.717, 1.165) is 17.7 Å². The van der Waals surface area contributed by atoms with E-state index in [0.29, 0.717) is 17.9 Å². The third-order valence-corrected chi connectivity index (χ3v) is 4.95. The van der Waals surface area contributed by atoms with Crippen molar-refractivity contribution in [3.8, 4) is 5.75 Å². The second-order valence-electron chi connectivity index (χ2n) is 7.44. The number of hydrogen-bond acceptors (Lipinski definition) is 5. The third kappa shape index (κ3) is 8.58. The van der Waals surface area contributed by atoms with E-state index in [9.17, 15) is 14.9 Å². The van der Waals surface area contributed by atoms with Crippen LogP contribution in [-0.4, -0.2) is 23.1 Å². The maximum atomic E-state index is 12.2. The molecular formula is C24H31N3O4. The van der Waals surface area contributed by atoms with Gasteiger partial charge in [0.2, 0.25) is 0 Å². The molecule has 0 aliphatic rings. The van der Waals surface area contributed by atoms with Crippen molar-refractivity contribution >= 4 is 17.3 Å². The van der Waals surface area contributed by atoms with E-state index in [1.807, 2.05) is 24.3 Å². The molecular weight excluding hydrogens is 394 g/mol. The van der Waals surface area contributed by atoms with Gasteiger partial charge >= 0.3 is 0 Å². The number of carbonyl (C=O) groups excluding carboxylic acids is 1. The van der Waals surface area contributed by atoms with Gasteiger partial charge in [-0.3, -0.25) is 14.9 Å². The maximum Gasteiger partial charge on any atom is 0.271 e. The van der Waals surface area contributed by atoms with Crippen LogP contribution < -0.4 is 10.2 Å². The van der Waals surface area contributed by atoms with Crippen molar-refractivity contribution < 1.29 is 14.5 Å². The highest BCUT2D eigenvalue weighted by atomic mass is 16.6. The largest absolute Gasteiger partial charge is 0.494 e. The minimum atomic E-state index is -0.508. The number of benzene rings is 2. The minimum absolute atomic E-state index is 0.0643. The number of nitro groups is 1. The van der Waals surface area contributed by atoms with Crippen LogP contribution in [-0.2, 0) is 0 Å². The Morgan fingerprint density at radius 1 is 0.935 bits per heavy atom. The number of hydrazone groups is 1.